The smallest absolute Gasteiger partial charge is 2.00 e. The summed E-state index contributed by atoms with van der Waals surface area (Å²) in [4.78, 5) is 20.0. The van der Waals surface area contributed by atoms with E-state index in [1.165, 1.54) is 6.42 Å². The second kappa shape index (κ2) is 18.9. The summed E-state index contributed by atoms with van der Waals surface area (Å²) in [5.41, 5.74) is 15.8. The minimum atomic E-state index is -1.36. The van der Waals surface area contributed by atoms with Crippen LogP contribution >= 0.6 is 0 Å². The minimum absolute atomic E-state index is 0. The van der Waals surface area contributed by atoms with Crippen LogP contribution in [0.4, 0.5) is 0 Å². The number of carboxylic acids is 1. The molecule has 1 amide bonds. The maximum atomic E-state index is 10.1. The molecular formula is C12H23N5O4SV. The first-order valence-corrected chi connectivity index (χ1v) is 6.89. The van der Waals surface area contributed by atoms with Crippen LogP contribution in [0.1, 0.15) is 46.0 Å². The minimum Gasteiger partial charge on any atom is -2.00 e. The van der Waals surface area contributed by atoms with Gasteiger partial charge >= 0.3 is 18.6 Å². The Bertz CT molecular complexity index is 390. The third-order valence-electron chi connectivity index (χ3n) is 2.22. The predicted octanol–water partition coefficient (Wildman–Crippen LogP) is -1.38. The van der Waals surface area contributed by atoms with Crippen LogP contribution in [-0.4, -0.2) is 28.8 Å². The number of carbonyl (C=O) groups excluding carboxylic acids is 2. The fraction of sp³-hybridized carbons (Fsp3) is 0.667. The predicted molar refractivity (Wildman–Crippen MR) is 83.7 cm³/mol. The maximum absolute atomic E-state index is 10.1. The van der Waals surface area contributed by atoms with E-state index >= 15 is 0 Å². The molecule has 0 aliphatic heterocycles. The molecule has 0 spiro atoms. The third-order valence-corrected chi connectivity index (χ3v) is 2.30. The normalized spacial score (nSPS) is 12.0. The van der Waals surface area contributed by atoms with Crippen molar-refractivity contribution < 1.29 is 38.7 Å². The molecule has 0 saturated carbocycles. The van der Waals surface area contributed by atoms with Crippen molar-refractivity contribution in [2.75, 3.05) is 0 Å². The van der Waals surface area contributed by atoms with Crippen LogP contribution in [0.5, 0.6) is 0 Å². The van der Waals surface area contributed by atoms with Crippen LogP contribution in [0.15, 0.2) is 10.2 Å². The van der Waals surface area contributed by atoms with Gasteiger partial charge in [-0.1, -0.05) is 13.3 Å². The van der Waals surface area contributed by atoms with E-state index in [0.717, 1.165) is 18.6 Å². The first kappa shape index (κ1) is 29.8. The van der Waals surface area contributed by atoms with Crippen molar-refractivity contribution in [2.24, 2.45) is 27.4 Å². The fourth-order valence-electron chi connectivity index (χ4n) is 1.03. The largest absolute Gasteiger partial charge is 4.00 e. The maximum Gasteiger partial charge on any atom is 4.00 e. The molecule has 23 heavy (non-hydrogen) atoms. The Morgan fingerprint density at radius 1 is 1.22 bits per heavy atom. The molecule has 1 radical (unpaired) electrons. The number of unbranched alkanes of at least 4 members (excludes halogenated alkanes) is 1. The first-order chi connectivity index (χ1) is 9.70. The van der Waals surface area contributed by atoms with E-state index in [0.29, 0.717) is 0 Å². The Hall–Kier alpha value is -1.20. The number of nitrogens with zero attached hydrogens (tertiary/aromatic N) is 2. The zero-order valence-corrected chi connectivity index (χ0v) is 15.4. The number of amides is 1. The van der Waals surface area contributed by atoms with Crippen molar-refractivity contribution >= 4 is 35.4 Å². The van der Waals surface area contributed by atoms with E-state index < -0.39 is 17.9 Å². The van der Waals surface area contributed by atoms with Crippen LogP contribution < -0.4 is 22.3 Å². The fourth-order valence-corrected chi connectivity index (χ4v) is 1.07. The van der Waals surface area contributed by atoms with Gasteiger partial charge in [0, 0.05) is 18.2 Å². The number of hydrogen-bond acceptors (Lipinski definition) is 7. The van der Waals surface area contributed by atoms with E-state index in [1.807, 2.05) is 6.92 Å². The standard InChI is InChI=1S/C7H15N3S.C5H10N2O3.O.V/c1-3-4-5-6(2)9-10-7(8)11;6-3(5(9)10)1-2-4(7)8;;/h3-5H2,1-2H3,(H3,8,10,11);3H,1-2,6H2,(H2,7,8)(H,9,10);;/q;;-2;+4/p-2/b9-6+;;;. The van der Waals surface area contributed by atoms with Gasteiger partial charge in [0.05, 0.1) is 5.97 Å². The van der Waals surface area contributed by atoms with Gasteiger partial charge in [-0.2, -0.15) is 10.2 Å². The van der Waals surface area contributed by atoms with Crippen LogP contribution in [0.2, 0.25) is 0 Å². The van der Waals surface area contributed by atoms with E-state index in [4.69, 9.17) is 17.2 Å². The third kappa shape index (κ3) is 26.1. The Kier molecular flexibility index (Phi) is 24.4. The summed E-state index contributed by atoms with van der Waals surface area (Å²) in [6.45, 7) is 4.06. The molecule has 0 rings (SSSR count). The molecule has 11 heteroatoms. The van der Waals surface area contributed by atoms with Crippen molar-refractivity contribution in [2.45, 2.75) is 52.0 Å². The Labute approximate surface area is 153 Å². The monoisotopic (exact) mass is 384 g/mol. The number of amidine groups is 1. The van der Waals surface area contributed by atoms with Crippen molar-refractivity contribution in [3.8, 4) is 0 Å². The molecule has 0 aliphatic rings. The number of aliphatic carboxylic acids is 1. The molecule has 0 aliphatic carbocycles. The van der Waals surface area contributed by atoms with Crippen molar-refractivity contribution in [1.82, 2.24) is 0 Å². The Morgan fingerprint density at radius 2 is 1.74 bits per heavy atom. The van der Waals surface area contributed by atoms with Crippen LogP contribution in [0.25, 0.3) is 0 Å². The number of carboxylic acid groups (broad SMARTS) is 1. The average molecular weight is 384 g/mol. The zero-order chi connectivity index (χ0) is 16.8. The molecule has 0 fully saturated rings. The molecule has 1 atom stereocenters. The van der Waals surface area contributed by atoms with Crippen LogP contribution in [0, 0.1) is 0 Å². The van der Waals surface area contributed by atoms with E-state index in [2.05, 4.69) is 29.8 Å². The molecule has 0 aromatic rings. The molecule has 0 bridgehead atoms. The Morgan fingerprint density at radius 3 is 2.09 bits per heavy atom. The summed E-state index contributed by atoms with van der Waals surface area (Å²) in [7, 11) is 0. The zero-order valence-electron chi connectivity index (χ0n) is 13.2. The molecule has 9 nitrogen and oxygen atoms in total. The van der Waals surface area contributed by atoms with Gasteiger partial charge in [-0.3, -0.25) is 4.79 Å². The number of hydrogen-bond donors (Lipinski definition) is 3. The summed E-state index contributed by atoms with van der Waals surface area (Å²) in [5, 5.41) is 17.4. The van der Waals surface area contributed by atoms with Crippen LogP contribution in [0.3, 0.4) is 0 Å². The Balaban J connectivity index is -0.000000145. The van der Waals surface area contributed by atoms with Gasteiger partial charge < -0.3 is 45.2 Å². The van der Waals surface area contributed by atoms with E-state index in [-0.39, 0.29) is 42.0 Å². The molecule has 0 saturated heterocycles. The molecule has 0 heterocycles. The molecule has 6 N–H and O–H groups in total. The average Bonchev–Trinajstić information content (AvgIpc) is 2.40. The topological polar surface area (TPSA) is 188 Å². The molecular weight excluding hydrogens is 361 g/mol. The number of primary amides is 1. The summed E-state index contributed by atoms with van der Waals surface area (Å²) in [5.74, 6) is -1.92. The molecule has 0 aromatic carbocycles. The van der Waals surface area contributed by atoms with Gasteiger partial charge in [-0.25, -0.2) is 0 Å². The van der Waals surface area contributed by atoms with Gasteiger partial charge in [0.25, 0.3) is 0 Å². The van der Waals surface area contributed by atoms with Gasteiger partial charge in [0.2, 0.25) is 5.91 Å². The summed E-state index contributed by atoms with van der Waals surface area (Å²) >= 11 is 4.53. The summed E-state index contributed by atoms with van der Waals surface area (Å²) in [6.07, 6.45) is 3.30. The van der Waals surface area contributed by atoms with Gasteiger partial charge in [-0.15, -0.1) is 0 Å². The van der Waals surface area contributed by atoms with Crippen molar-refractivity contribution in [1.29, 1.82) is 0 Å². The van der Waals surface area contributed by atoms with Crippen LogP contribution in [-0.2, 0) is 46.2 Å². The van der Waals surface area contributed by atoms with Gasteiger partial charge in [0.15, 0.2) is 0 Å². The van der Waals surface area contributed by atoms with Crippen molar-refractivity contribution in [3.05, 3.63) is 0 Å². The molecule has 131 valence electrons. The van der Waals surface area contributed by atoms with E-state index in [9.17, 15) is 14.7 Å². The number of carbonyl (C=O) groups is 2. The SMILES string of the molecule is CCCC/C(C)=N/N=C(/N)[S-].NC(=O)CCC(N)C(=O)[O-].[O-2].[V+4]. The van der Waals surface area contributed by atoms with Gasteiger partial charge in [-0.05, 0) is 31.4 Å². The molecule has 1 unspecified atom stereocenters. The molecule has 0 aromatic heterocycles. The first-order valence-electron chi connectivity index (χ1n) is 6.49. The summed E-state index contributed by atoms with van der Waals surface area (Å²) in [6, 6.07) is -1.09. The quantitative estimate of drug-likeness (QED) is 0.200. The second-order valence-electron chi connectivity index (χ2n) is 4.31. The van der Waals surface area contributed by atoms with E-state index in [1.54, 1.807) is 0 Å². The van der Waals surface area contributed by atoms with Crippen molar-refractivity contribution in [3.63, 3.8) is 0 Å². The number of rotatable bonds is 8. The van der Waals surface area contributed by atoms with Gasteiger partial charge in [0.1, 0.15) is 0 Å². The second-order valence-corrected chi connectivity index (χ2v) is 4.73. The number of nitrogens with two attached hydrogens (primary N) is 3. The summed E-state index contributed by atoms with van der Waals surface area (Å²) < 4.78 is 0.